The fraction of sp³-hybridized carbons (Fsp3) is 0.500. The van der Waals surface area contributed by atoms with Crippen molar-refractivity contribution in [1.29, 1.82) is 0 Å². The first kappa shape index (κ1) is 14.3. The van der Waals surface area contributed by atoms with Crippen molar-refractivity contribution < 1.29 is 4.79 Å². The number of amides is 1. The molecule has 2 aromatic heterocycles. The molecule has 108 valence electrons. The number of nitrogens with zero attached hydrogens (tertiary/aromatic N) is 3. The van der Waals surface area contributed by atoms with Crippen LogP contribution in [0.1, 0.15) is 41.9 Å². The lowest BCUT2D eigenvalue weighted by Crippen LogP contribution is -2.26. The van der Waals surface area contributed by atoms with Crippen LogP contribution < -0.4 is 5.32 Å². The fourth-order valence-electron chi connectivity index (χ4n) is 2.31. The SMILES string of the molecule is Cc1nn(C)c(C)c1CCC(=O)NC(C)c1cn[nH]c1. The number of rotatable bonds is 5. The zero-order valence-electron chi connectivity index (χ0n) is 12.4. The molecule has 1 amide bonds. The van der Waals surface area contributed by atoms with Gasteiger partial charge in [-0.1, -0.05) is 0 Å². The van der Waals surface area contributed by atoms with Gasteiger partial charge in [-0.25, -0.2) is 0 Å². The highest BCUT2D eigenvalue weighted by atomic mass is 16.1. The monoisotopic (exact) mass is 275 g/mol. The van der Waals surface area contributed by atoms with Crippen LogP contribution in [-0.4, -0.2) is 25.9 Å². The summed E-state index contributed by atoms with van der Waals surface area (Å²) in [7, 11) is 1.92. The van der Waals surface area contributed by atoms with Crippen LogP contribution in [0.5, 0.6) is 0 Å². The Balaban J connectivity index is 1.89. The Morgan fingerprint density at radius 1 is 1.50 bits per heavy atom. The van der Waals surface area contributed by atoms with Crippen molar-refractivity contribution in [3.8, 4) is 0 Å². The molecule has 0 aromatic carbocycles. The van der Waals surface area contributed by atoms with Crippen LogP contribution in [0.25, 0.3) is 0 Å². The first-order valence-electron chi connectivity index (χ1n) is 6.76. The van der Waals surface area contributed by atoms with Crippen molar-refractivity contribution in [2.24, 2.45) is 7.05 Å². The molecule has 0 aliphatic heterocycles. The first-order valence-corrected chi connectivity index (χ1v) is 6.76. The Kier molecular flexibility index (Phi) is 4.22. The van der Waals surface area contributed by atoms with E-state index in [-0.39, 0.29) is 11.9 Å². The maximum Gasteiger partial charge on any atom is 0.220 e. The normalized spacial score (nSPS) is 12.4. The molecule has 2 rings (SSSR count). The highest BCUT2D eigenvalue weighted by molar-refractivity contribution is 5.76. The van der Waals surface area contributed by atoms with E-state index >= 15 is 0 Å². The highest BCUT2D eigenvalue weighted by Crippen LogP contribution is 2.15. The molecular weight excluding hydrogens is 254 g/mol. The van der Waals surface area contributed by atoms with Crippen molar-refractivity contribution in [2.45, 2.75) is 39.7 Å². The van der Waals surface area contributed by atoms with Crippen LogP contribution in [0, 0.1) is 13.8 Å². The fourth-order valence-corrected chi connectivity index (χ4v) is 2.31. The van der Waals surface area contributed by atoms with E-state index in [1.165, 1.54) is 5.56 Å². The van der Waals surface area contributed by atoms with Gasteiger partial charge in [-0.15, -0.1) is 0 Å². The molecule has 6 heteroatoms. The van der Waals surface area contributed by atoms with Gasteiger partial charge in [0.05, 0.1) is 17.9 Å². The Morgan fingerprint density at radius 2 is 2.25 bits per heavy atom. The number of aromatic amines is 1. The number of carbonyl (C=O) groups excluding carboxylic acids is 1. The molecule has 1 unspecified atom stereocenters. The first-order chi connectivity index (χ1) is 9.49. The number of hydrogen-bond donors (Lipinski definition) is 2. The van der Waals surface area contributed by atoms with E-state index in [2.05, 4.69) is 20.6 Å². The quantitative estimate of drug-likeness (QED) is 0.869. The zero-order chi connectivity index (χ0) is 14.7. The lowest BCUT2D eigenvalue weighted by atomic mass is 10.1. The number of nitrogens with one attached hydrogen (secondary N) is 2. The molecule has 2 heterocycles. The van der Waals surface area contributed by atoms with Gasteiger partial charge in [-0.05, 0) is 32.8 Å². The molecule has 2 N–H and O–H groups in total. The summed E-state index contributed by atoms with van der Waals surface area (Å²) in [6.07, 6.45) is 4.70. The second-order valence-electron chi connectivity index (χ2n) is 5.09. The number of aryl methyl sites for hydroxylation is 2. The van der Waals surface area contributed by atoms with Gasteiger partial charge in [0, 0.05) is 30.9 Å². The van der Waals surface area contributed by atoms with Crippen molar-refractivity contribution in [2.75, 3.05) is 0 Å². The lowest BCUT2D eigenvalue weighted by molar-refractivity contribution is -0.121. The van der Waals surface area contributed by atoms with Crippen molar-refractivity contribution in [3.05, 3.63) is 34.9 Å². The summed E-state index contributed by atoms with van der Waals surface area (Å²) in [4.78, 5) is 12.0. The lowest BCUT2D eigenvalue weighted by Gasteiger charge is -2.12. The van der Waals surface area contributed by atoms with E-state index in [4.69, 9.17) is 0 Å². The Hall–Kier alpha value is -2.11. The third kappa shape index (κ3) is 3.07. The van der Waals surface area contributed by atoms with Gasteiger partial charge in [0.25, 0.3) is 0 Å². The van der Waals surface area contributed by atoms with E-state index in [1.807, 2.05) is 32.5 Å². The number of hydrogen-bond acceptors (Lipinski definition) is 3. The average molecular weight is 275 g/mol. The molecule has 1 atom stereocenters. The van der Waals surface area contributed by atoms with Gasteiger partial charge < -0.3 is 5.32 Å². The third-order valence-electron chi connectivity index (χ3n) is 3.66. The molecule has 0 spiro atoms. The molecule has 0 fully saturated rings. The van der Waals surface area contributed by atoms with Crippen LogP contribution in [-0.2, 0) is 18.3 Å². The predicted octanol–water partition coefficient (Wildman–Crippen LogP) is 1.57. The molecule has 0 aliphatic rings. The molecular formula is C14H21N5O. The zero-order valence-corrected chi connectivity index (χ0v) is 12.4. The molecule has 2 aromatic rings. The molecule has 20 heavy (non-hydrogen) atoms. The smallest absolute Gasteiger partial charge is 0.220 e. The molecule has 0 saturated carbocycles. The van der Waals surface area contributed by atoms with Crippen molar-refractivity contribution >= 4 is 5.91 Å². The standard InChI is InChI=1S/C14H21N5O/c1-9(12-7-15-16-8-12)17-14(20)6-5-13-10(2)18-19(4)11(13)3/h7-9H,5-6H2,1-4H3,(H,15,16)(H,17,20). The minimum Gasteiger partial charge on any atom is -0.349 e. The second-order valence-corrected chi connectivity index (χ2v) is 5.09. The van der Waals surface area contributed by atoms with Crippen LogP contribution in [0.3, 0.4) is 0 Å². The number of aromatic nitrogens is 4. The van der Waals surface area contributed by atoms with Crippen molar-refractivity contribution in [3.63, 3.8) is 0 Å². The van der Waals surface area contributed by atoms with Gasteiger partial charge in [-0.2, -0.15) is 10.2 Å². The highest BCUT2D eigenvalue weighted by Gasteiger charge is 2.13. The second kappa shape index (κ2) is 5.90. The summed E-state index contributed by atoms with van der Waals surface area (Å²) in [6.45, 7) is 5.96. The van der Waals surface area contributed by atoms with Crippen LogP contribution >= 0.6 is 0 Å². The maximum absolute atomic E-state index is 12.0. The summed E-state index contributed by atoms with van der Waals surface area (Å²) in [5.41, 5.74) is 4.27. The summed E-state index contributed by atoms with van der Waals surface area (Å²) >= 11 is 0. The van der Waals surface area contributed by atoms with Crippen LogP contribution in [0.2, 0.25) is 0 Å². The van der Waals surface area contributed by atoms with Crippen LogP contribution in [0.15, 0.2) is 12.4 Å². The maximum atomic E-state index is 12.0. The third-order valence-corrected chi connectivity index (χ3v) is 3.66. The van der Waals surface area contributed by atoms with Gasteiger partial charge in [0.1, 0.15) is 0 Å². The van der Waals surface area contributed by atoms with E-state index in [9.17, 15) is 4.79 Å². The summed E-state index contributed by atoms with van der Waals surface area (Å²) in [5, 5.41) is 14.0. The molecule has 0 bridgehead atoms. The van der Waals surface area contributed by atoms with Crippen molar-refractivity contribution in [1.82, 2.24) is 25.3 Å². The van der Waals surface area contributed by atoms with E-state index in [1.54, 1.807) is 12.4 Å². The summed E-state index contributed by atoms with van der Waals surface area (Å²) < 4.78 is 1.86. The van der Waals surface area contributed by atoms with E-state index in [0.29, 0.717) is 6.42 Å². The van der Waals surface area contributed by atoms with E-state index in [0.717, 1.165) is 23.4 Å². The molecule has 6 nitrogen and oxygen atoms in total. The topological polar surface area (TPSA) is 75.6 Å². The van der Waals surface area contributed by atoms with Gasteiger partial charge >= 0.3 is 0 Å². The summed E-state index contributed by atoms with van der Waals surface area (Å²) in [6, 6.07) is -0.0302. The minimum absolute atomic E-state index is 0.0302. The number of H-pyrrole nitrogens is 1. The number of carbonyl (C=O) groups is 1. The Bertz CT molecular complexity index is 585. The largest absolute Gasteiger partial charge is 0.349 e. The van der Waals surface area contributed by atoms with Crippen LogP contribution in [0.4, 0.5) is 0 Å². The van der Waals surface area contributed by atoms with E-state index < -0.39 is 0 Å². The van der Waals surface area contributed by atoms with Gasteiger partial charge in [-0.3, -0.25) is 14.6 Å². The average Bonchev–Trinajstić information content (AvgIpc) is 2.98. The summed E-state index contributed by atoms with van der Waals surface area (Å²) in [5.74, 6) is 0.0429. The molecule has 0 saturated heterocycles. The minimum atomic E-state index is -0.0302. The van der Waals surface area contributed by atoms with Gasteiger partial charge in [0.15, 0.2) is 0 Å². The molecule has 0 radical (unpaired) electrons. The predicted molar refractivity (Wildman–Crippen MR) is 76.1 cm³/mol. The van der Waals surface area contributed by atoms with Gasteiger partial charge in [0.2, 0.25) is 5.91 Å². The Morgan fingerprint density at radius 3 is 2.80 bits per heavy atom. The molecule has 0 aliphatic carbocycles. The Labute approximate surface area is 118 Å².